The standard InChI is InChI=1S/C11H16O3/c12-7-10(8-13)11(14)6-9-4-2-1-3-5-9/h1-5,10-14H,6-8H2. The van der Waals surface area contributed by atoms with Crippen molar-refractivity contribution in [3.8, 4) is 0 Å². The van der Waals surface area contributed by atoms with Crippen molar-refractivity contribution < 1.29 is 15.3 Å². The molecule has 0 aliphatic carbocycles. The Kier molecular flexibility index (Phi) is 4.59. The summed E-state index contributed by atoms with van der Waals surface area (Å²) in [6, 6.07) is 9.53. The van der Waals surface area contributed by atoms with Gasteiger partial charge in [-0.1, -0.05) is 30.3 Å². The van der Waals surface area contributed by atoms with Gasteiger partial charge in [-0.15, -0.1) is 0 Å². The molecule has 1 unspecified atom stereocenters. The Labute approximate surface area is 83.6 Å². The largest absolute Gasteiger partial charge is 0.396 e. The minimum Gasteiger partial charge on any atom is -0.396 e. The lowest BCUT2D eigenvalue weighted by atomic mass is 9.97. The molecule has 0 saturated heterocycles. The van der Waals surface area contributed by atoms with Crippen molar-refractivity contribution in [3.63, 3.8) is 0 Å². The van der Waals surface area contributed by atoms with Crippen molar-refractivity contribution in [2.75, 3.05) is 13.2 Å². The maximum Gasteiger partial charge on any atom is 0.0652 e. The van der Waals surface area contributed by atoms with Crippen LogP contribution in [0.4, 0.5) is 0 Å². The van der Waals surface area contributed by atoms with Crippen LogP contribution in [0.15, 0.2) is 30.3 Å². The molecule has 0 aliphatic heterocycles. The molecule has 0 aromatic heterocycles. The first-order valence-electron chi connectivity index (χ1n) is 4.71. The van der Waals surface area contributed by atoms with E-state index in [-0.39, 0.29) is 13.2 Å². The SMILES string of the molecule is OCC(CO)C(O)Cc1ccccc1. The van der Waals surface area contributed by atoms with Crippen LogP contribution in [0.5, 0.6) is 0 Å². The van der Waals surface area contributed by atoms with Gasteiger partial charge in [-0.25, -0.2) is 0 Å². The molecule has 0 bridgehead atoms. The summed E-state index contributed by atoms with van der Waals surface area (Å²) >= 11 is 0. The van der Waals surface area contributed by atoms with Crippen LogP contribution in [-0.4, -0.2) is 34.6 Å². The van der Waals surface area contributed by atoms with Crippen molar-refractivity contribution in [2.45, 2.75) is 12.5 Å². The summed E-state index contributed by atoms with van der Waals surface area (Å²) in [6.07, 6.45) is -0.223. The molecule has 1 aromatic carbocycles. The molecule has 0 amide bonds. The molecule has 0 fully saturated rings. The predicted molar refractivity (Wildman–Crippen MR) is 53.8 cm³/mol. The lowest BCUT2D eigenvalue weighted by molar-refractivity contribution is 0.0324. The molecular weight excluding hydrogens is 180 g/mol. The first kappa shape index (κ1) is 11.2. The minimum atomic E-state index is -0.688. The second-order valence-corrected chi connectivity index (χ2v) is 3.38. The van der Waals surface area contributed by atoms with Crippen molar-refractivity contribution in [3.05, 3.63) is 35.9 Å². The van der Waals surface area contributed by atoms with Crippen LogP contribution in [0.1, 0.15) is 5.56 Å². The van der Waals surface area contributed by atoms with Crippen LogP contribution in [0, 0.1) is 5.92 Å². The Bertz CT molecular complexity index is 244. The maximum absolute atomic E-state index is 9.64. The molecule has 1 atom stereocenters. The molecule has 3 heteroatoms. The monoisotopic (exact) mass is 196 g/mol. The number of benzene rings is 1. The third kappa shape index (κ3) is 3.10. The molecule has 3 N–H and O–H groups in total. The normalized spacial score (nSPS) is 13.1. The van der Waals surface area contributed by atoms with Crippen molar-refractivity contribution >= 4 is 0 Å². The van der Waals surface area contributed by atoms with Crippen molar-refractivity contribution in [1.82, 2.24) is 0 Å². The van der Waals surface area contributed by atoms with E-state index in [4.69, 9.17) is 10.2 Å². The van der Waals surface area contributed by atoms with Gasteiger partial charge in [0.2, 0.25) is 0 Å². The summed E-state index contributed by atoms with van der Waals surface area (Å²) in [5, 5.41) is 27.4. The van der Waals surface area contributed by atoms with Crippen molar-refractivity contribution in [1.29, 1.82) is 0 Å². The van der Waals surface area contributed by atoms with Crippen LogP contribution >= 0.6 is 0 Å². The first-order valence-corrected chi connectivity index (χ1v) is 4.71. The number of rotatable bonds is 5. The van der Waals surface area contributed by atoms with Gasteiger partial charge in [-0.05, 0) is 12.0 Å². The number of aliphatic hydroxyl groups is 3. The number of hydrogen-bond acceptors (Lipinski definition) is 3. The molecule has 14 heavy (non-hydrogen) atoms. The third-order valence-electron chi connectivity index (χ3n) is 2.30. The predicted octanol–water partition coefficient (Wildman–Crippen LogP) is 0.191. The van der Waals surface area contributed by atoms with Gasteiger partial charge in [0.1, 0.15) is 0 Å². The van der Waals surface area contributed by atoms with Gasteiger partial charge in [-0.2, -0.15) is 0 Å². The fourth-order valence-corrected chi connectivity index (χ4v) is 1.32. The zero-order valence-corrected chi connectivity index (χ0v) is 8.00. The lowest BCUT2D eigenvalue weighted by Crippen LogP contribution is -2.28. The van der Waals surface area contributed by atoms with E-state index in [0.717, 1.165) is 5.56 Å². The van der Waals surface area contributed by atoms with Gasteiger partial charge in [-0.3, -0.25) is 0 Å². The van der Waals surface area contributed by atoms with Crippen LogP contribution < -0.4 is 0 Å². The molecule has 3 nitrogen and oxygen atoms in total. The Morgan fingerprint density at radius 1 is 1.00 bits per heavy atom. The number of aliphatic hydroxyl groups excluding tert-OH is 3. The minimum absolute atomic E-state index is 0.190. The highest BCUT2D eigenvalue weighted by Gasteiger charge is 2.17. The van der Waals surface area contributed by atoms with Gasteiger partial charge >= 0.3 is 0 Å². The second kappa shape index (κ2) is 5.75. The topological polar surface area (TPSA) is 60.7 Å². The zero-order valence-electron chi connectivity index (χ0n) is 8.00. The molecular formula is C11H16O3. The quantitative estimate of drug-likeness (QED) is 0.630. The third-order valence-corrected chi connectivity index (χ3v) is 2.30. The molecule has 0 radical (unpaired) electrons. The van der Waals surface area contributed by atoms with E-state index in [1.165, 1.54) is 0 Å². The van der Waals surface area contributed by atoms with Crippen LogP contribution in [0.2, 0.25) is 0 Å². The van der Waals surface area contributed by atoms with Crippen LogP contribution in [0.3, 0.4) is 0 Å². The van der Waals surface area contributed by atoms with Crippen LogP contribution in [0.25, 0.3) is 0 Å². The lowest BCUT2D eigenvalue weighted by Gasteiger charge is -2.18. The summed E-state index contributed by atoms with van der Waals surface area (Å²) in [4.78, 5) is 0. The highest BCUT2D eigenvalue weighted by atomic mass is 16.3. The van der Waals surface area contributed by atoms with E-state index in [1.807, 2.05) is 30.3 Å². The average molecular weight is 196 g/mol. The Morgan fingerprint density at radius 3 is 2.07 bits per heavy atom. The van der Waals surface area contributed by atoms with Gasteiger partial charge in [0.25, 0.3) is 0 Å². The van der Waals surface area contributed by atoms with E-state index >= 15 is 0 Å². The molecule has 0 spiro atoms. The Balaban J connectivity index is 2.52. The highest BCUT2D eigenvalue weighted by molar-refractivity contribution is 5.15. The van der Waals surface area contributed by atoms with E-state index in [2.05, 4.69) is 0 Å². The molecule has 1 rings (SSSR count). The van der Waals surface area contributed by atoms with Gasteiger partial charge in [0, 0.05) is 5.92 Å². The summed E-state index contributed by atoms with van der Waals surface area (Å²) in [7, 11) is 0. The first-order chi connectivity index (χ1) is 6.77. The van der Waals surface area contributed by atoms with Gasteiger partial charge < -0.3 is 15.3 Å². The number of hydrogen-bond donors (Lipinski definition) is 3. The van der Waals surface area contributed by atoms with E-state index < -0.39 is 12.0 Å². The summed E-state index contributed by atoms with van der Waals surface area (Å²) in [6.45, 7) is -0.380. The maximum atomic E-state index is 9.64. The second-order valence-electron chi connectivity index (χ2n) is 3.38. The fraction of sp³-hybridized carbons (Fsp3) is 0.455. The smallest absolute Gasteiger partial charge is 0.0652 e. The molecule has 78 valence electrons. The van der Waals surface area contributed by atoms with Crippen molar-refractivity contribution in [2.24, 2.45) is 5.92 Å². The highest BCUT2D eigenvalue weighted by Crippen LogP contribution is 2.09. The van der Waals surface area contributed by atoms with E-state index in [9.17, 15) is 5.11 Å². The summed E-state index contributed by atoms with van der Waals surface area (Å²) in [5.74, 6) is -0.449. The summed E-state index contributed by atoms with van der Waals surface area (Å²) < 4.78 is 0. The Hall–Kier alpha value is -0.900. The zero-order chi connectivity index (χ0) is 10.4. The summed E-state index contributed by atoms with van der Waals surface area (Å²) in [5.41, 5.74) is 1.01. The fourth-order valence-electron chi connectivity index (χ4n) is 1.32. The Morgan fingerprint density at radius 2 is 1.57 bits per heavy atom. The van der Waals surface area contributed by atoms with E-state index in [1.54, 1.807) is 0 Å². The molecule has 0 heterocycles. The molecule has 0 aliphatic rings. The average Bonchev–Trinajstić information content (AvgIpc) is 2.21. The van der Waals surface area contributed by atoms with Gasteiger partial charge in [0.15, 0.2) is 0 Å². The van der Waals surface area contributed by atoms with Crippen LogP contribution in [-0.2, 0) is 6.42 Å². The van der Waals surface area contributed by atoms with Gasteiger partial charge in [0.05, 0.1) is 19.3 Å². The molecule has 1 aromatic rings. The molecule has 0 saturated carbocycles. The van der Waals surface area contributed by atoms with E-state index in [0.29, 0.717) is 6.42 Å².